The highest BCUT2D eigenvalue weighted by atomic mass is 32.2. The predicted molar refractivity (Wildman–Crippen MR) is 86.7 cm³/mol. The van der Waals surface area contributed by atoms with Gasteiger partial charge in [-0.05, 0) is 6.42 Å². The van der Waals surface area contributed by atoms with Gasteiger partial charge < -0.3 is 9.64 Å². The van der Waals surface area contributed by atoms with Gasteiger partial charge in [0.05, 0.1) is 12.3 Å². The summed E-state index contributed by atoms with van der Waals surface area (Å²) in [5.41, 5.74) is 1.27. The van der Waals surface area contributed by atoms with Gasteiger partial charge in [-0.15, -0.1) is 11.8 Å². The first-order chi connectivity index (χ1) is 10.5. The highest BCUT2D eigenvalue weighted by Gasteiger charge is 2.49. The van der Waals surface area contributed by atoms with Gasteiger partial charge in [0.25, 0.3) is 0 Å². The maximum Gasteiger partial charge on any atom is 0.248 e. The number of likely N-dealkylation sites (N-methyl/N-ethyl adjacent to an activating group) is 1. The summed E-state index contributed by atoms with van der Waals surface area (Å²) in [6.45, 7) is 3.39. The van der Waals surface area contributed by atoms with E-state index in [4.69, 9.17) is 4.74 Å². The van der Waals surface area contributed by atoms with E-state index in [1.807, 2.05) is 29.7 Å². The number of hydrogen-bond donors (Lipinski definition) is 0. The highest BCUT2D eigenvalue weighted by molar-refractivity contribution is 8.01. The van der Waals surface area contributed by atoms with Gasteiger partial charge >= 0.3 is 0 Å². The van der Waals surface area contributed by atoms with Crippen LogP contribution < -0.4 is 0 Å². The number of thioether (sulfide) groups is 1. The van der Waals surface area contributed by atoms with Gasteiger partial charge in [0.2, 0.25) is 5.91 Å². The van der Waals surface area contributed by atoms with Crippen molar-refractivity contribution in [3.8, 4) is 0 Å². The van der Waals surface area contributed by atoms with Crippen LogP contribution in [0.4, 0.5) is 0 Å². The van der Waals surface area contributed by atoms with Crippen molar-refractivity contribution in [3.05, 3.63) is 18.0 Å². The maximum atomic E-state index is 11.6. The largest absolute Gasteiger partial charge is 0.367 e. The summed E-state index contributed by atoms with van der Waals surface area (Å²) in [5.74, 6) is 1.04. The van der Waals surface area contributed by atoms with Crippen molar-refractivity contribution >= 4 is 17.7 Å². The molecule has 6 nitrogen and oxygen atoms in total. The van der Waals surface area contributed by atoms with Crippen LogP contribution in [0.3, 0.4) is 0 Å². The van der Waals surface area contributed by atoms with E-state index in [2.05, 4.69) is 16.2 Å². The fraction of sp³-hybridized carbons (Fsp3) is 0.733. The van der Waals surface area contributed by atoms with Crippen LogP contribution in [0.15, 0.2) is 12.4 Å². The molecule has 1 aromatic heterocycles. The molecular weight excluding hydrogens is 300 g/mol. The molecule has 0 N–H and O–H groups in total. The van der Waals surface area contributed by atoms with Crippen LogP contribution in [0.1, 0.15) is 12.0 Å². The Labute approximate surface area is 135 Å². The Balaban J connectivity index is 1.41. The Hall–Kier alpha value is -1.05. The molecule has 2 aliphatic rings. The maximum absolute atomic E-state index is 11.6. The first kappa shape index (κ1) is 15.8. The third-order valence-electron chi connectivity index (χ3n) is 4.30. The standard InChI is InChI=1S/C15H24N4O2S/c1-17(2)14(20)8-21-13-4-15(22-9-13)10-19(11-15)7-12-5-16-18(3)6-12/h5-6,13H,4,7-11H2,1-3H3/t13-/m1/s1. The van der Waals surface area contributed by atoms with E-state index in [0.717, 1.165) is 31.8 Å². The molecule has 0 aliphatic carbocycles. The van der Waals surface area contributed by atoms with Gasteiger partial charge in [-0.2, -0.15) is 5.10 Å². The van der Waals surface area contributed by atoms with Crippen LogP contribution in [0.25, 0.3) is 0 Å². The van der Waals surface area contributed by atoms with E-state index >= 15 is 0 Å². The summed E-state index contributed by atoms with van der Waals surface area (Å²) in [5, 5.41) is 4.21. The average Bonchev–Trinajstić information content (AvgIpc) is 3.02. The first-order valence-electron chi connectivity index (χ1n) is 7.61. The number of amides is 1. The minimum absolute atomic E-state index is 0.0396. The van der Waals surface area contributed by atoms with Gasteiger partial charge in [0.1, 0.15) is 6.61 Å². The Morgan fingerprint density at radius 1 is 1.55 bits per heavy atom. The zero-order valence-electron chi connectivity index (χ0n) is 13.5. The lowest BCUT2D eigenvalue weighted by molar-refractivity contribution is -0.135. The van der Waals surface area contributed by atoms with Crippen molar-refractivity contribution in [3.63, 3.8) is 0 Å². The molecule has 0 unspecified atom stereocenters. The molecule has 1 amide bonds. The molecule has 2 aliphatic heterocycles. The lowest BCUT2D eigenvalue weighted by atomic mass is 9.92. The molecule has 0 aromatic carbocycles. The summed E-state index contributed by atoms with van der Waals surface area (Å²) in [6, 6.07) is 0. The molecule has 2 saturated heterocycles. The number of rotatable bonds is 5. The van der Waals surface area contributed by atoms with E-state index < -0.39 is 0 Å². The number of hydrogen-bond acceptors (Lipinski definition) is 5. The third-order valence-corrected chi connectivity index (χ3v) is 5.88. The van der Waals surface area contributed by atoms with Gasteiger partial charge in [-0.1, -0.05) is 0 Å². The smallest absolute Gasteiger partial charge is 0.248 e. The molecule has 22 heavy (non-hydrogen) atoms. The van der Waals surface area contributed by atoms with E-state index in [1.54, 1.807) is 19.0 Å². The lowest BCUT2D eigenvalue weighted by Crippen LogP contribution is -2.58. The second-order valence-corrected chi connectivity index (χ2v) is 8.07. The fourth-order valence-corrected chi connectivity index (χ4v) is 4.75. The number of aromatic nitrogens is 2. The third kappa shape index (κ3) is 3.47. The first-order valence-corrected chi connectivity index (χ1v) is 8.60. The predicted octanol–water partition coefficient (Wildman–Crippen LogP) is 0.585. The molecule has 3 heterocycles. The lowest BCUT2D eigenvalue weighted by Gasteiger charge is -2.47. The Morgan fingerprint density at radius 2 is 2.32 bits per heavy atom. The summed E-state index contributed by atoms with van der Waals surface area (Å²) in [7, 11) is 5.47. The van der Waals surface area contributed by atoms with E-state index in [0.29, 0.717) is 4.75 Å². The van der Waals surface area contributed by atoms with Crippen LogP contribution in [0.2, 0.25) is 0 Å². The molecule has 0 bridgehead atoms. The molecule has 1 aromatic rings. The number of carbonyl (C=O) groups is 1. The van der Waals surface area contributed by atoms with Crippen LogP contribution in [0.5, 0.6) is 0 Å². The number of nitrogens with zero attached hydrogens (tertiary/aromatic N) is 4. The van der Waals surface area contributed by atoms with Gasteiger partial charge in [-0.25, -0.2) is 0 Å². The van der Waals surface area contributed by atoms with Crippen molar-refractivity contribution in [1.29, 1.82) is 0 Å². The van der Waals surface area contributed by atoms with Gasteiger partial charge in [0.15, 0.2) is 0 Å². The number of aryl methyl sites for hydroxylation is 1. The zero-order chi connectivity index (χ0) is 15.7. The molecule has 122 valence electrons. The SMILES string of the molecule is CN(C)C(=O)CO[C@H]1CSC2(C1)CN(Cc1cnn(C)c1)C2. The van der Waals surface area contributed by atoms with Crippen molar-refractivity contribution in [2.45, 2.75) is 23.8 Å². The summed E-state index contributed by atoms with van der Waals surface area (Å²) in [4.78, 5) is 15.6. The zero-order valence-corrected chi connectivity index (χ0v) is 14.3. The van der Waals surface area contributed by atoms with Crippen molar-refractivity contribution < 1.29 is 9.53 Å². The minimum atomic E-state index is 0.0396. The summed E-state index contributed by atoms with van der Waals surface area (Å²) >= 11 is 2.01. The number of ether oxygens (including phenoxy) is 1. The second kappa shape index (κ2) is 6.22. The minimum Gasteiger partial charge on any atom is -0.367 e. The van der Waals surface area contributed by atoms with Crippen LogP contribution in [0, 0.1) is 0 Å². The molecule has 1 atom stereocenters. The quantitative estimate of drug-likeness (QED) is 0.793. The normalized spacial score (nSPS) is 23.7. The Morgan fingerprint density at radius 3 is 2.95 bits per heavy atom. The summed E-state index contributed by atoms with van der Waals surface area (Å²) in [6.07, 6.45) is 5.29. The molecule has 1 spiro atoms. The van der Waals surface area contributed by atoms with Gasteiger partial charge in [-0.3, -0.25) is 14.4 Å². The Kier molecular flexibility index (Phi) is 4.47. The van der Waals surface area contributed by atoms with Crippen molar-refractivity contribution in [2.75, 3.05) is 39.5 Å². The van der Waals surface area contributed by atoms with E-state index in [1.165, 1.54) is 5.56 Å². The fourth-order valence-electron chi connectivity index (χ4n) is 3.14. The molecule has 0 radical (unpaired) electrons. The van der Waals surface area contributed by atoms with E-state index in [9.17, 15) is 4.79 Å². The highest BCUT2D eigenvalue weighted by Crippen LogP contribution is 2.46. The van der Waals surface area contributed by atoms with Gasteiger partial charge in [0, 0.05) is 63.0 Å². The van der Waals surface area contributed by atoms with Crippen LogP contribution >= 0.6 is 11.8 Å². The number of carbonyl (C=O) groups excluding carboxylic acids is 1. The van der Waals surface area contributed by atoms with E-state index in [-0.39, 0.29) is 18.6 Å². The molecule has 3 rings (SSSR count). The topological polar surface area (TPSA) is 50.6 Å². The van der Waals surface area contributed by atoms with Crippen molar-refractivity contribution in [2.24, 2.45) is 7.05 Å². The molecule has 7 heteroatoms. The Bertz CT molecular complexity index is 539. The molecular formula is C15H24N4O2S. The van der Waals surface area contributed by atoms with Crippen LogP contribution in [-0.2, 0) is 23.1 Å². The van der Waals surface area contributed by atoms with Crippen molar-refractivity contribution in [1.82, 2.24) is 19.6 Å². The molecule has 0 saturated carbocycles. The number of likely N-dealkylation sites (tertiary alicyclic amines) is 1. The summed E-state index contributed by atoms with van der Waals surface area (Å²) < 4.78 is 7.96. The monoisotopic (exact) mass is 324 g/mol. The van der Waals surface area contributed by atoms with Crippen LogP contribution in [-0.4, -0.2) is 75.9 Å². The molecule has 2 fully saturated rings. The second-order valence-electron chi connectivity index (χ2n) is 6.59. The average molecular weight is 324 g/mol.